The molecule has 1 aliphatic rings. The van der Waals surface area contributed by atoms with Crippen LogP contribution in [0.25, 0.3) is 10.9 Å². The van der Waals surface area contributed by atoms with Crippen molar-refractivity contribution in [1.82, 2.24) is 4.98 Å². The molecule has 1 heterocycles. The fourth-order valence-corrected chi connectivity index (χ4v) is 3.08. The van der Waals surface area contributed by atoms with Crippen molar-refractivity contribution in [3.63, 3.8) is 0 Å². The average Bonchev–Trinajstić information content (AvgIpc) is 3.20. The smallest absolute Gasteiger partial charge is 0.316 e. The van der Waals surface area contributed by atoms with Crippen molar-refractivity contribution in [2.75, 3.05) is 0 Å². The molecule has 1 saturated carbocycles. The first-order valence-corrected chi connectivity index (χ1v) is 8.28. The van der Waals surface area contributed by atoms with Crippen LogP contribution in [0.4, 0.5) is 0 Å². The number of H-pyrrole nitrogens is 1. The SMILES string of the molecule is Cc1cc(C2CC2)c(CCl)c2c(OC(=O)C(C)(C)C)c[nH]c12. The van der Waals surface area contributed by atoms with Crippen LogP contribution in [0.3, 0.4) is 0 Å². The molecular formula is C18H22ClNO2. The summed E-state index contributed by atoms with van der Waals surface area (Å²) >= 11 is 6.24. The summed E-state index contributed by atoms with van der Waals surface area (Å²) in [5, 5.41) is 0.967. The van der Waals surface area contributed by atoms with Crippen molar-refractivity contribution in [1.29, 1.82) is 0 Å². The number of esters is 1. The van der Waals surface area contributed by atoms with Gasteiger partial charge >= 0.3 is 5.97 Å². The first-order valence-electron chi connectivity index (χ1n) is 7.74. The Bertz CT molecular complexity index is 736. The Balaban J connectivity index is 2.14. The molecule has 1 aromatic heterocycles. The van der Waals surface area contributed by atoms with E-state index < -0.39 is 5.41 Å². The van der Waals surface area contributed by atoms with Crippen molar-refractivity contribution >= 4 is 28.5 Å². The molecule has 22 heavy (non-hydrogen) atoms. The Kier molecular flexibility index (Phi) is 3.72. The van der Waals surface area contributed by atoms with Gasteiger partial charge in [0.05, 0.1) is 10.9 Å². The maximum absolute atomic E-state index is 12.2. The number of halogens is 1. The zero-order chi connectivity index (χ0) is 16.1. The minimum Gasteiger partial charge on any atom is -0.424 e. The standard InChI is InChI=1S/C18H22ClNO2/c1-10-7-12(11-5-6-11)13(8-19)15-14(9-20-16(10)15)22-17(21)18(2,3)4/h7,9,11,20H,5-6,8H2,1-4H3. The number of aromatic amines is 1. The molecule has 3 nitrogen and oxygen atoms in total. The number of carbonyl (C=O) groups is 1. The molecule has 0 spiro atoms. The summed E-state index contributed by atoms with van der Waals surface area (Å²) in [6, 6.07) is 2.23. The molecule has 4 heteroatoms. The number of aromatic nitrogens is 1. The molecule has 2 aromatic rings. The fourth-order valence-electron chi connectivity index (χ4n) is 2.79. The molecule has 0 atom stereocenters. The first kappa shape index (κ1) is 15.4. The van der Waals surface area contributed by atoms with Gasteiger partial charge in [0, 0.05) is 17.5 Å². The summed E-state index contributed by atoms with van der Waals surface area (Å²) in [5.74, 6) is 1.40. The third-order valence-corrected chi connectivity index (χ3v) is 4.49. The highest BCUT2D eigenvalue weighted by atomic mass is 35.5. The summed E-state index contributed by atoms with van der Waals surface area (Å²) in [5.41, 5.74) is 4.06. The van der Waals surface area contributed by atoms with E-state index in [0.29, 0.717) is 17.5 Å². The normalized spacial score (nSPS) is 15.3. The molecule has 0 amide bonds. The van der Waals surface area contributed by atoms with Crippen molar-refractivity contribution < 1.29 is 9.53 Å². The van der Waals surface area contributed by atoms with E-state index in [2.05, 4.69) is 18.0 Å². The van der Waals surface area contributed by atoms with E-state index in [-0.39, 0.29) is 5.97 Å². The zero-order valence-electron chi connectivity index (χ0n) is 13.5. The van der Waals surface area contributed by atoms with Crippen molar-refractivity contribution in [2.45, 2.75) is 52.3 Å². The van der Waals surface area contributed by atoms with Gasteiger partial charge in [0.25, 0.3) is 0 Å². The third kappa shape index (κ3) is 2.63. The van der Waals surface area contributed by atoms with Gasteiger partial charge in [0.1, 0.15) is 0 Å². The number of ether oxygens (including phenoxy) is 1. The highest BCUT2D eigenvalue weighted by Crippen LogP contribution is 2.46. The lowest BCUT2D eigenvalue weighted by molar-refractivity contribution is -0.142. The Hall–Kier alpha value is -1.48. The summed E-state index contributed by atoms with van der Waals surface area (Å²) < 4.78 is 5.66. The van der Waals surface area contributed by atoms with Gasteiger partial charge in [-0.05, 0) is 63.1 Å². The van der Waals surface area contributed by atoms with Gasteiger partial charge in [-0.3, -0.25) is 4.79 Å². The second-order valence-corrected chi connectivity index (χ2v) is 7.48. The van der Waals surface area contributed by atoms with E-state index in [1.54, 1.807) is 6.20 Å². The Labute approximate surface area is 136 Å². The highest BCUT2D eigenvalue weighted by Gasteiger charge is 2.30. The lowest BCUT2D eigenvalue weighted by Crippen LogP contribution is -2.25. The van der Waals surface area contributed by atoms with Crippen LogP contribution in [0, 0.1) is 12.3 Å². The van der Waals surface area contributed by atoms with Crippen molar-refractivity contribution in [2.24, 2.45) is 5.41 Å². The second-order valence-electron chi connectivity index (χ2n) is 7.21. The number of rotatable bonds is 3. The van der Waals surface area contributed by atoms with E-state index in [1.165, 1.54) is 24.0 Å². The molecular weight excluding hydrogens is 298 g/mol. The molecule has 0 saturated heterocycles. The molecule has 0 radical (unpaired) electrons. The van der Waals surface area contributed by atoms with Crippen molar-refractivity contribution in [3.8, 4) is 5.75 Å². The fraction of sp³-hybridized carbons (Fsp3) is 0.500. The maximum atomic E-state index is 12.2. The molecule has 0 aliphatic heterocycles. The quantitative estimate of drug-likeness (QED) is 0.635. The van der Waals surface area contributed by atoms with E-state index in [1.807, 2.05) is 20.8 Å². The van der Waals surface area contributed by atoms with Crippen molar-refractivity contribution in [3.05, 3.63) is 29.0 Å². The minimum atomic E-state index is -0.534. The van der Waals surface area contributed by atoms with Gasteiger partial charge in [0.15, 0.2) is 5.75 Å². The molecule has 118 valence electrons. The van der Waals surface area contributed by atoms with Gasteiger partial charge in [-0.15, -0.1) is 11.6 Å². The Morgan fingerprint density at radius 3 is 2.64 bits per heavy atom. The van der Waals surface area contributed by atoms with Gasteiger partial charge in [-0.25, -0.2) is 0 Å². The third-order valence-electron chi connectivity index (χ3n) is 4.23. The lowest BCUT2D eigenvalue weighted by atomic mass is 9.96. The molecule has 1 fully saturated rings. The van der Waals surface area contributed by atoms with E-state index in [9.17, 15) is 4.79 Å². The molecule has 1 aliphatic carbocycles. The van der Waals surface area contributed by atoms with E-state index >= 15 is 0 Å². The Morgan fingerprint density at radius 1 is 1.41 bits per heavy atom. The monoisotopic (exact) mass is 319 g/mol. The highest BCUT2D eigenvalue weighted by molar-refractivity contribution is 6.18. The van der Waals surface area contributed by atoms with E-state index in [0.717, 1.165) is 16.5 Å². The van der Waals surface area contributed by atoms with Gasteiger partial charge in [-0.1, -0.05) is 6.07 Å². The number of alkyl halides is 1. The van der Waals surface area contributed by atoms with Crippen LogP contribution < -0.4 is 4.74 Å². The zero-order valence-corrected chi connectivity index (χ0v) is 14.3. The summed E-state index contributed by atoms with van der Waals surface area (Å²) in [4.78, 5) is 15.5. The summed E-state index contributed by atoms with van der Waals surface area (Å²) in [7, 11) is 0. The second kappa shape index (κ2) is 5.31. The van der Waals surface area contributed by atoms with Gasteiger partial charge in [0.2, 0.25) is 0 Å². The number of carbonyl (C=O) groups excluding carboxylic acids is 1. The predicted molar refractivity (Wildman–Crippen MR) is 89.7 cm³/mol. The molecule has 1 N–H and O–H groups in total. The van der Waals surface area contributed by atoms with Crippen LogP contribution in [0.1, 0.15) is 56.2 Å². The number of aryl methyl sites for hydroxylation is 1. The van der Waals surface area contributed by atoms with Crippen LogP contribution in [0.15, 0.2) is 12.3 Å². The van der Waals surface area contributed by atoms with Crippen LogP contribution in [0.5, 0.6) is 5.75 Å². The number of fused-ring (bicyclic) bond motifs is 1. The largest absolute Gasteiger partial charge is 0.424 e. The predicted octanol–water partition coefficient (Wildman–Crippen LogP) is 5.04. The Morgan fingerprint density at radius 2 is 2.09 bits per heavy atom. The molecule has 1 aromatic carbocycles. The number of hydrogen-bond donors (Lipinski definition) is 1. The summed E-state index contributed by atoms with van der Waals surface area (Å²) in [6.07, 6.45) is 4.21. The number of benzene rings is 1. The van der Waals surface area contributed by atoms with Crippen LogP contribution in [-0.2, 0) is 10.7 Å². The van der Waals surface area contributed by atoms with Gasteiger partial charge < -0.3 is 9.72 Å². The lowest BCUT2D eigenvalue weighted by Gasteiger charge is -2.17. The van der Waals surface area contributed by atoms with Crippen LogP contribution in [0.2, 0.25) is 0 Å². The van der Waals surface area contributed by atoms with Gasteiger partial charge in [-0.2, -0.15) is 0 Å². The maximum Gasteiger partial charge on any atom is 0.316 e. The number of hydrogen-bond acceptors (Lipinski definition) is 2. The average molecular weight is 320 g/mol. The molecule has 3 rings (SSSR count). The van der Waals surface area contributed by atoms with Crippen LogP contribution in [-0.4, -0.2) is 11.0 Å². The number of nitrogens with one attached hydrogen (secondary N) is 1. The molecule has 0 unspecified atom stereocenters. The summed E-state index contributed by atoms with van der Waals surface area (Å²) in [6.45, 7) is 7.65. The molecule has 0 bridgehead atoms. The topological polar surface area (TPSA) is 42.1 Å². The first-order chi connectivity index (χ1) is 10.3. The van der Waals surface area contributed by atoms with E-state index in [4.69, 9.17) is 16.3 Å². The van der Waals surface area contributed by atoms with Crippen LogP contribution >= 0.6 is 11.6 Å². The minimum absolute atomic E-state index is 0.233.